The zero-order chi connectivity index (χ0) is 24.5. The van der Waals surface area contributed by atoms with E-state index in [9.17, 15) is 18.7 Å². The summed E-state index contributed by atoms with van der Waals surface area (Å²) in [5, 5.41) is 9.48. The van der Waals surface area contributed by atoms with E-state index in [1.54, 1.807) is 30.2 Å². The van der Waals surface area contributed by atoms with E-state index in [1.807, 2.05) is 4.90 Å². The van der Waals surface area contributed by atoms with E-state index in [-0.39, 0.29) is 37.9 Å². The van der Waals surface area contributed by atoms with Gasteiger partial charge in [0.25, 0.3) is 5.91 Å². The molecule has 1 N–H and O–H groups in total. The minimum Gasteiger partial charge on any atom is -0.486 e. The molecule has 0 saturated carbocycles. The average Bonchev–Trinajstić information content (AvgIpc) is 2.81. The Morgan fingerprint density at radius 1 is 1.19 bits per heavy atom. The first-order valence-corrected chi connectivity index (χ1v) is 11.6. The van der Waals surface area contributed by atoms with Gasteiger partial charge in [0.1, 0.15) is 29.3 Å². The number of likely N-dealkylation sites (tertiary alicyclic amines) is 1. The molecule has 2 aliphatic heterocycles. The van der Waals surface area contributed by atoms with Crippen molar-refractivity contribution in [3.63, 3.8) is 0 Å². The van der Waals surface area contributed by atoms with Gasteiger partial charge < -0.3 is 24.4 Å². The fourth-order valence-electron chi connectivity index (χ4n) is 4.32. The standard InChI is InChI=1S/C25H26F2N4O4.H2S/c1-15(35-19-10-17(26)9-18(27)11-19)21-7-16(25(33)30-3-2-4-30)8-22-24(21)29-23(12-28-22)31-5-6-34-20(13-31)14-32;/h7-12,15,20,32H,2-6,13-14H2,1H3;1H2/t15?,20-;/m0./s1. The van der Waals surface area contributed by atoms with E-state index in [0.717, 1.165) is 24.6 Å². The average molecular weight is 519 g/mol. The Balaban J connectivity index is 0.00000304. The smallest absolute Gasteiger partial charge is 0.253 e. The molecule has 3 heterocycles. The highest BCUT2D eigenvalue weighted by molar-refractivity contribution is 7.59. The van der Waals surface area contributed by atoms with Crippen molar-refractivity contribution < 1.29 is 28.2 Å². The number of amides is 1. The molecule has 192 valence electrons. The molecule has 0 aliphatic carbocycles. The van der Waals surface area contributed by atoms with E-state index >= 15 is 0 Å². The lowest BCUT2D eigenvalue weighted by atomic mass is 10.0. The lowest BCUT2D eigenvalue weighted by Gasteiger charge is -2.33. The zero-order valence-electron chi connectivity index (χ0n) is 19.8. The van der Waals surface area contributed by atoms with Crippen LogP contribution in [0.15, 0.2) is 36.5 Å². The molecule has 11 heteroatoms. The van der Waals surface area contributed by atoms with Crippen molar-refractivity contribution in [2.45, 2.75) is 25.6 Å². The van der Waals surface area contributed by atoms with Crippen molar-refractivity contribution in [3.05, 3.63) is 59.3 Å². The summed E-state index contributed by atoms with van der Waals surface area (Å²) in [7, 11) is 0. The maximum absolute atomic E-state index is 13.7. The molecule has 1 aromatic heterocycles. The molecule has 3 aromatic rings. The van der Waals surface area contributed by atoms with Gasteiger partial charge in [-0.25, -0.2) is 13.8 Å². The summed E-state index contributed by atoms with van der Waals surface area (Å²) in [6.45, 7) is 4.55. The third-order valence-electron chi connectivity index (χ3n) is 6.31. The summed E-state index contributed by atoms with van der Waals surface area (Å²) in [5.41, 5.74) is 2.08. The van der Waals surface area contributed by atoms with Gasteiger partial charge in [-0.1, -0.05) is 0 Å². The van der Waals surface area contributed by atoms with Crippen molar-refractivity contribution in [2.75, 3.05) is 44.3 Å². The van der Waals surface area contributed by atoms with Crippen LogP contribution in [0.25, 0.3) is 11.0 Å². The second-order valence-corrected chi connectivity index (χ2v) is 8.79. The number of aliphatic hydroxyl groups is 1. The number of carbonyl (C=O) groups is 1. The maximum atomic E-state index is 13.7. The summed E-state index contributed by atoms with van der Waals surface area (Å²) >= 11 is 0. The van der Waals surface area contributed by atoms with Gasteiger partial charge in [-0.15, -0.1) is 0 Å². The molecule has 0 bridgehead atoms. The number of carbonyl (C=O) groups excluding carboxylic acids is 1. The van der Waals surface area contributed by atoms with Crippen molar-refractivity contribution >= 4 is 36.3 Å². The van der Waals surface area contributed by atoms with E-state index in [0.29, 0.717) is 60.8 Å². The minimum atomic E-state index is -0.744. The monoisotopic (exact) mass is 518 g/mol. The van der Waals surface area contributed by atoms with Crippen molar-refractivity contribution in [2.24, 2.45) is 0 Å². The third-order valence-corrected chi connectivity index (χ3v) is 6.31. The van der Waals surface area contributed by atoms with Crippen LogP contribution < -0.4 is 9.64 Å². The van der Waals surface area contributed by atoms with Crippen LogP contribution in [-0.4, -0.2) is 71.4 Å². The van der Waals surface area contributed by atoms with Crippen LogP contribution in [0.5, 0.6) is 5.75 Å². The fraction of sp³-hybridized carbons (Fsp3) is 0.400. The Morgan fingerprint density at radius 2 is 1.94 bits per heavy atom. The number of morpholine rings is 1. The number of fused-ring (bicyclic) bond motifs is 1. The predicted molar refractivity (Wildman–Crippen MR) is 135 cm³/mol. The minimum absolute atomic E-state index is 0. The number of anilines is 1. The predicted octanol–water partition coefficient (Wildman–Crippen LogP) is 3.20. The number of nitrogens with zero attached hydrogens (tertiary/aromatic N) is 4. The second kappa shape index (κ2) is 10.9. The number of aliphatic hydroxyl groups excluding tert-OH is 1. The first-order valence-electron chi connectivity index (χ1n) is 11.6. The van der Waals surface area contributed by atoms with Crippen LogP contribution in [0.1, 0.15) is 35.4 Å². The molecule has 0 radical (unpaired) electrons. The summed E-state index contributed by atoms with van der Waals surface area (Å²) in [5.74, 6) is -0.955. The van der Waals surface area contributed by atoms with Crippen LogP contribution in [0.3, 0.4) is 0 Å². The van der Waals surface area contributed by atoms with Gasteiger partial charge in [0.15, 0.2) is 0 Å². The van der Waals surface area contributed by atoms with Crippen LogP contribution in [0, 0.1) is 11.6 Å². The summed E-state index contributed by atoms with van der Waals surface area (Å²) < 4.78 is 38.9. The summed E-state index contributed by atoms with van der Waals surface area (Å²) in [4.78, 5) is 26.1. The van der Waals surface area contributed by atoms with Crippen LogP contribution in [-0.2, 0) is 4.74 Å². The van der Waals surface area contributed by atoms with Gasteiger partial charge in [-0.2, -0.15) is 13.5 Å². The molecule has 1 amide bonds. The molecular weight excluding hydrogens is 490 g/mol. The molecule has 0 spiro atoms. The van der Waals surface area contributed by atoms with Gasteiger partial charge in [-0.3, -0.25) is 9.78 Å². The summed E-state index contributed by atoms with van der Waals surface area (Å²) in [6, 6.07) is 6.42. The molecule has 5 rings (SSSR count). The van der Waals surface area contributed by atoms with E-state index in [1.165, 1.54) is 0 Å². The SMILES string of the molecule is CC(Oc1cc(F)cc(F)c1)c1cc(C(=O)N2CCC2)cc2ncc(N3CCO[C@H](CO)C3)nc12.S. The molecule has 1 unspecified atom stereocenters. The number of aromatic nitrogens is 2. The first kappa shape index (κ1) is 26.1. The van der Waals surface area contributed by atoms with E-state index in [2.05, 4.69) is 4.98 Å². The van der Waals surface area contributed by atoms with Crippen molar-refractivity contribution in [1.82, 2.24) is 14.9 Å². The molecule has 2 fully saturated rings. The number of ether oxygens (including phenoxy) is 2. The third kappa shape index (κ3) is 5.37. The number of halogens is 2. The quantitative estimate of drug-likeness (QED) is 0.536. The van der Waals surface area contributed by atoms with Crippen molar-refractivity contribution in [1.29, 1.82) is 0 Å². The first-order chi connectivity index (χ1) is 16.9. The largest absolute Gasteiger partial charge is 0.486 e. The van der Waals surface area contributed by atoms with E-state index < -0.39 is 17.7 Å². The lowest BCUT2D eigenvalue weighted by molar-refractivity contribution is 0.00336. The fourth-order valence-corrected chi connectivity index (χ4v) is 4.32. The van der Waals surface area contributed by atoms with Gasteiger partial charge in [0, 0.05) is 55.5 Å². The molecule has 36 heavy (non-hydrogen) atoms. The topological polar surface area (TPSA) is 88.0 Å². The van der Waals surface area contributed by atoms with Crippen LogP contribution >= 0.6 is 13.5 Å². The highest BCUT2D eigenvalue weighted by Gasteiger charge is 2.26. The molecule has 2 atom stereocenters. The number of hydrogen-bond acceptors (Lipinski definition) is 7. The molecule has 2 saturated heterocycles. The highest BCUT2D eigenvalue weighted by Crippen LogP contribution is 2.31. The van der Waals surface area contributed by atoms with E-state index in [4.69, 9.17) is 14.5 Å². The Hall–Kier alpha value is -3.02. The van der Waals surface area contributed by atoms with Crippen LogP contribution in [0.2, 0.25) is 0 Å². The van der Waals surface area contributed by atoms with Gasteiger partial charge in [0.05, 0.1) is 36.5 Å². The Bertz CT molecular complexity index is 1240. The van der Waals surface area contributed by atoms with Crippen molar-refractivity contribution in [3.8, 4) is 5.75 Å². The number of hydrogen-bond donors (Lipinski definition) is 1. The molecule has 2 aliphatic rings. The lowest BCUT2D eigenvalue weighted by Crippen LogP contribution is -2.44. The highest BCUT2D eigenvalue weighted by atomic mass is 32.1. The number of rotatable bonds is 6. The Labute approximate surface area is 214 Å². The summed E-state index contributed by atoms with van der Waals surface area (Å²) in [6.07, 6.45) is 1.61. The Morgan fingerprint density at radius 3 is 2.61 bits per heavy atom. The molecular formula is C25H28F2N4O4S. The van der Waals surface area contributed by atoms with Gasteiger partial charge in [-0.05, 0) is 25.5 Å². The van der Waals surface area contributed by atoms with Crippen LogP contribution in [0.4, 0.5) is 14.6 Å². The zero-order valence-corrected chi connectivity index (χ0v) is 20.8. The van der Waals surface area contributed by atoms with Gasteiger partial charge in [0.2, 0.25) is 0 Å². The Kier molecular flexibility index (Phi) is 7.91. The molecule has 2 aromatic carbocycles. The number of benzene rings is 2. The van der Waals surface area contributed by atoms with Gasteiger partial charge >= 0.3 is 0 Å². The normalized spacial score (nSPS) is 18.4. The maximum Gasteiger partial charge on any atom is 0.253 e. The molecule has 8 nitrogen and oxygen atoms in total. The second-order valence-electron chi connectivity index (χ2n) is 8.79.